The molecule has 0 radical (unpaired) electrons. The van der Waals surface area contributed by atoms with Crippen LogP contribution < -0.4 is 54.0 Å². The van der Waals surface area contributed by atoms with Gasteiger partial charge in [0.15, 0.2) is 17.7 Å². The fraction of sp³-hybridized carbons (Fsp3) is 0.415. The Balaban J connectivity index is 1.10. The van der Waals surface area contributed by atoms with Crippen molar-refractivity contribution in [3.05, 3.63) is 180 Å². The summed E-state index contributed by atoms with van der Waals surface area (Å²) >= 11 is 0. The molecule has 2 aliphatic heterocycles. The number of benzene rings is 4. The highest BCUT2D eigenvalue weighted by Gasteiger charge is 2.41. The topological polar surface area (TPSA) is 496 Å². The van der Waals surface area contributed by atoms with Crippen LogP contribution >= 0.6 is 21.6 Å². The summed E-state index contributed by atoms with van der Waals surface area (Å²) in [7, 11) is 4.88. The lowest BCUT2D eigenvalue weighted by atomic mass is 9.82. The van der Waals surface area contributed by atoms with Crippen molar-refractivity contribution in [2.75, 3.05) is 38.7 Å². The highest BCUT2D eigenvalue weighted by Crippen LogP contribution is 2.33. The van der Waals surface area contributed by atoms with Crippen molar-refractivity contribution in [1.29, 1.82) is 10.8 Å². The molecule has 614 valence electrons. The molecule has 12 atom stereocenters. The molecular weight excluding hydrogens is 1520 g/mol. The summed E-state index contributed by atoms with van der Waals surface area (Å²) in [6.07, 6.45) is 6.73. The van der Waals surface area contributed by atoms with Gasteiger partial charge >= 0.3 is 0 Å². The number of guanidine groups is 2. The lowest BCUT2D eigenvalue weighted by molar-refractivity contribution is -0.143. The minimum absolute atomic E-state index is 0.0267. The normalized spacial score (nSPS) is 23.7. The Morgan fingerprint density at radius 1 is 0.457 bits per heavy atom. The molecule has 18 N–H and O–H groups in total. The zero-order valence-electron chi connectivity index (χ0n) is 65.2. The van der Waals surface area contributed by atoms with Gasteiger partial charge in [0.25, 0.3) is 0 Å². The predicted molar refractivity (Wildman–Crippen MR) is 441 cm³/mol. The summed E-state index contributed by atoms with van der Waals surface area (Å²) in [6.45, 7) is 3.06. The van der Waals surface area contributed by atoms with Crippen LogP contribution in [-0.4, -0.2) is 209 Å². The fourth-order valence-corrected chi connectivity index (χ4v) is 17.1. The van der Waals surface area contributed by atoms with Crippen LogP contribution in [0.5, 0.6) is 0 Å². The molecule has 6 heterocycles. The maximum atomic E-state index is 15.9. The molecule has 4 aromatic heterocycles. The summed E-state index contributed by atoms with van der Waals surface area (Å²) < 4.78 is 0. The highest BCUT2D eigenvalue weighted by molar-refractivity contribution is 8.76. The molecule has 0 unspecified atom stereocenters. The fourth-order valence-electron chi connectivity index (χ4n) is 14.6. The number of para-hydroxylation sites is 2. The second-order valence-electron chi connectivity index (χ2n) is 29.7. The van der Waals surface area contributed by atoms with Crippen molar-refractivity contribution in [2.24, 2.45) is 35.1 Å². The molecule has 34 heteroatoms. The van der Waals surface area contributed by atoms with Gasteiger partial charge in [-0.15, -0.1) is 0 Å². The number of aromatic amines is 4. The number of nitrogens with zero attached hydrogens (tertiary/aromatic N) is 4. The van der Waals surface area contributed by atoms with E-state index in [0.717, 1.165) is 32.5 Å². The number of imidazole rings is 2. The van der Waals surface area contributed by atoms with Gasteiger partial charge in [0, 0.05) is 161 Å². The molecular formula is C82H102N20O12S2. The maximum absolute atomic E-state index is 15.9. The first kappa shape index (κ1) is 86.5. The first-order chi connectivity index (χ1) is 55.8. The van der Waals surface area contributed by atoms with E-state index >= 15 is 52.7 Å². The van der Waals surface area contributed by atoms with Gasteiger partial charge in [0.05, 0.1) is 36.0 Å². The van der Waals surface area contributed by atoms with Crippen molar-refractivity contribution in [2.45, 2.75) is 152 Å². The third kappa shape index (κ3) is 24.3. The van der Waals surface area contributed by atoms with E-state index in [1.165, 1.54) is 56.6 Å². The minimum Gasteiger partial charge on any atom is -0.370 e. The number of likely N-dealkylation sites (N-methyl/N-ethyl adjacent to an activating group) is 2. The van der Waals surface area contributed by atoms with Crippen molar-refractivity contribution in [3.63, 3.8) is 0 Å². The molecule has 2 saturated heterocycles. The van der Waals surface area contributed by atoms with Crippen LogP contribution in [0.4, 0.5) is 0 Å². The number of nitrogens with two attached hydrogens (primary N) is 2. The lowest BCUT2D eigenvalue weighted by Gasteiger charge is -2.33. The summed E-state index contributed by atoms with van der Waals surface area (Å²) in [5, 5.41) is 39.7. The number of nitrogens with one attached hydrogen (secondary N) is 14. The molecule has 2 fully saturated rings. The number of Topliss-reactive ketones (excluding diaryl/α,β-unsaturated/α-hetero) is 4. The van der Waals surface area contributed by atoms with Gasteiger partial charge in [-0.05, 0) is 73.4 Å². The summed E-state index contributed by atoms with van der Waals surface area (Å²) in [6, 6.07) is 20.5. The Bertz CT molecular complexity index is 4480. The lowest BCUT2D eigenvalue weighted by Crippen LogP contribution is -2.61. The third-order valence-corrected chi connectivity index (χ3v) is 23.7. The van der Waals surface area contributed by atoms with Crippen LogP contribution in [-0.2, 0) is 96.1 Å². The Morgan fingerprint density at radius 3 is 1.51 bits per heavy atom. The largest absolute Gasteiger partial charge is 0.370 e. The average Bonchev–Trinajstić information content (AvgIpc) is 1.54. The number of carbonyl (C=O) groups excluding carboxylic acids is 12. The number of H-pyrrole nitrogens is 4. The maximum Gasteiger partial charge on any atom is 0.245 e. The molecule has 0 saturated carbocycles. The molecule has 10 rings (SSSR count). The molecule has 2 aliphatic rings. The van der Waals surface area contributed by atoms with Crippen LogP contribution in [0.2, 0.25) is 0 Å². The average molecular weight is 1620 g/mol. The molecule has 8 aromatic rings. The van der Waals surface area contributed by atoms with Gasteiger partial charge in [-0.25, -0.2) is 9.97 Å². The Morgan fingerprint density at radius 2 is 0.940 bits per heavy atom. The van der Waals surface area contributed by atoms with E-state index in [4.69, 9.17) is 22.3 Å². The van der Waals surface area contributed by atoms with Gasteiger partial charge in [-0.1, -0.05) is 126 Å². The zero-order valence-corrected chi connectivity index (χ0v) is 66.8. The quantitative estimate of drug-likeness (QED) is 0.0224. The van der Waals surface area contributed by atoms with Gasteiger partial charge in [-0.2, -0.15) is 0 Å². The molecule has 2 bridgehead atoms. The summed E-state index contributed by atoms with van der Waals surface area (Å²) in [4.78, 5) is 208. The van der Waals surface area contributed by atoms with Crippen molar-refractivity contribution in [1.82, 2.24) is 82.2 Å². The van der Waals surface area contributed by atoms with Crippen LogP contribution in [0.3, 0.4) is 0 Å². The number of hydrogen-bond donors (Lipinski definition) is 16. The number of hydrogen-bond acceptors (Lipinski definition) is 18. The van der Waals surface area contributed by atoms with Crippen molar-refractivity contribution in [3.8, 4) is 0 Å². The van der Waals surface area contributed by atoms with E-state index in [-0.39, 0.29) is 101 Å². The van der Waals surface area contributed by atoms with Gasteiger partial charge < -0.3 is 83.7 Å². The van der Waals surface area contributed by atoms with E-state index < -0.39 is 168 Å². The summed E-state index contributed by atoms with van der Waals surface area (Å²) in [5.74, 6) is -14.6. The van der Waals surface area contributed by atoms with Gasteiger partial charge in [0.2, 0.25) is 47.3 Å². The molecule has 4 aromatic carbocycles. The molecule has 8 amide bonds. The van der Waals surface area contributed by atoms with Crippen molar-refractivity contribution >= 4 is 126 Å². The first-order valence-corrected chi connectivity index (χ1v) is 41.3. The number of rotatable bonds is 20. The third-order valence-electron chi connectivity index (χ3n) is 21.2. The first-order valence-electron chi connectivity index (χ1n) is 38.8. The minimum atomic E-state index is -1.59. The van der Waals surface area contributed by atoms with E-state index in [1.807, 2.05) is 42.5 Å². The van der Waals surface area contributed by atoms with Crippen LogP contribution in [0.25, 0.3) is 21.8 Å². The zero-order chi connectivity index (χ0) is 83.0. The monoisotopic (exact) mass is 1620 g/mol. The standard InChI is InChI=1S/C82H102N20O12S2/c1-47-29-70(104)55-37-71(105)51(32-53-39-91-60-23-13-11-21-58(53)60)35-72(106)67(25-15-27-89-81(83)84)101(3)79(113)65(31-50-19-9-6-10-20-50)99-76(110)63(38-57-42-88-46-94-57)96-73(107)48(2)95-77(111)66(44-116-115-43-55)100-75(109)62(34-54-40-92-61-24-14-12-22-59(54)61)97-78(112)68(26-16-28-90-82(85)86)102(4)80(114)64(30-49-17-7-5-8-18-49)98-74(108)52(36-69(47)103)33-56-41-87-45-93-56/h5-14,17-24,39-42,45-48,51-52,55,62-68,91-92H,15-16,25-38,43-44H2,1-4H3,(H,87,93)(H,88,94)(H,95,111)(H,96,107)(H,97,112)(H,98,108)(H,99,110)(H,100,109)(H4,83,84,89)(H4,85,86,90)/t47-,48+,51-,52-,55+,62+,63+,64-,65-,66+,67+,68+/m1/s1. The van der Waals surface area contributed by atoms with E-state index in [1.54, 1.807) is 85.3 Å². The second kappa shape index (κ2) is 41.9. The predicted octanol–water partition coefficient (Wildman–Crippen LogP) is 3.69. The Labute approximate surface area is 678 Å². The van der Waals surface area contributed by atoms with Gasteiger partial charge in [-0.3, -0.25) is 68.4 Å². The van der Waals surface area contributed by atoms with E-state index in [0.29, 0.717) is 44.5 Å². The number of amides is 8. The van der Waals surface area contributed by atoms with Crippen molar-refractivity contribution < 1.29 is 57.5 Å². The van der Waals surface area contributed by atoms with Crippen LogP contribution in [0.1, 0.15) is 98.9 Å². The summed E-state index contributed by atoms with van der Waals surface area (Å²) in [5.41, 5.74) is 16.0. The van der Waals surface area contributed by atoms with Crippen LogP contribution in [0, 0.1) is 34.5 Å². The van der Waals surface area contributed by atoms with E-state index in [9.17, 15) is 4.79 Å². The smallest absolute Gasteiger partial charge is 0.245 e. The number of aromatic nitrogens is 6. The van der Waals surface area contributed by atoms with Gasteiger partial charge in [0.1, 0.15) is 59.6 Å². The molecule has 0 aliphatic carbocycles. The molecule has 0 spiro atoms. The molecule has 116 heavy (non-hydrogen) atoms. The SMILES string of the molecule is C[C@@H]1CC(=O)[C@@H]2CSSC[C@H](NC(=O)[C@H](Cc3c[nH]c4ccccc34)NC(=O)[C@H](CCCNC(=N)N)N(C)C(=O)[C@@H](Cc3ccccc3)NC(=O)[C@H](Cc3c[nH]cn3)CC1=O)C(=O)N[C@@H](C)C(=O)N[C@@H](Cc1c[nH]cn1)C(=O)N[C@H](Cc1ccccc1)C(=O)N(C)[C@@H](CCCNC(=N)N)C(=O)C[C@@H](Cc1c[nH]c3ccccc13)C(=O)C2. The Hall–Kier alpha value is -11.9. The highest BCUT2D eigenvalue weighted by atomic mass is 33.1. The van der Waals surface area contributed by atoms with Crippen LogP contribution in [0.15, 0.2) is 147 Å². The molecule has 32 nitrogen and oxygen atoms in total. The number of carbonyl (C=O) groups is 12. The number of ketones is 4. The number of fused-ring (bicyclic) bond motifs is 7. The second-order valence-corrected chi connectivity index (χ2v) is 32.3. The Kier molecular flexibility index (Phi) is 31.2. The van der Waals surface area contributed by atoms with E-state index in [2.05, 4.69) is 72.4 Å².